The van der Waals surface area contributed by atoms with Crippen LogP contribution < -0.4 is 15.4 Å². The summed E-state index contributed by atoms with van der Waals surface area (Å²) >= 11 is 0. The van der Waals surface area contributed by atoms with Gasteiger partial charge in [-0.15, -0.1) is 0 Å². The van der Waals surface area contributed by atoms with Gasteiger partial charge in [0.15, 0.2) is 11.5 Å². The SMILES string of the molecule is CCCCNC(=O)c1cc(COc2ccc(NC(=O)c3ccccc3F)cc2)on1. The molecule has 2 aromatic carbocycles. The van der Waals surface area contributed by atoms with Crippen LogP contribution in [0.2, 0.25) is 0 Å². The number of aromatic nitrogens is 1. The van der Waals surface area contributed by atoms with Gasteiger partial charge >= 0.3 is 0 Å². The quantitative estimate of drug-likeness (QED) is 0.516. The van der Waals surface area contributed by atoms with Gasteiger partial charge in [-0.3, -0.25) is 9.59 Å². The molecule has 0 atom stereocenters. The number of anilines is 1. The lowest BCUT2D eigenvalue weighted by molar-refractivity contribution is 0.0943. The molecular formula is C22H22FN3O4. The number of rotatable bonds is 9. The van der Waals surface area contributed by atoms with Crippen LogP contribution in [0.15, 0.2) is 59.1 Å². The number of unbranched alkanes of at least 4 members (excludes halogenated alkanes) is 1. The number of ether oxygens (including phenoxy) is 1. The first kappa shape index (κ1) is 21.0. The molecule has 1 heterocycles. The zero-order chi connectivity index (χ0) is 21.3. The Hall–Kier alpha value is -3.68. The molecule has 0 aliphatic heterocycles. The maximum Gasteiger partial charge on any atom is 0.273 e. The van der Waals surface area contributed by atoms with Gasteiger partial charge in [0.25, 0.3) is 11.8 Å². The zero-order valence-corrected chi connectivity index (χ0v) is 16.5. The van der Waals surface area contributed by atoms with Gasteiger partial charge < -0.3 is 19.9 Å². The standard InChI is InChI=1S/C22H22FN3O4/c1-2-3-12-24-22(28)20-13-17(30-26-20)14-29-16-10-8-15(9-11-16)25-21(27)18-6-4-5-7-19(18)23/h4-11,13H,2-3,12,14H2,1H3,(H,24,28)(H,25,27). The first-order valence-corrected chi connectivity index (χ1v) is 9.59. The Morgan fingerprint density at radius 3 is 2.60 bits per heavy atom. The van der Waals surface area contributed by atoms with Crippen molar-refractivity contribution in [1.82, 2.24) is 10.5 Å². The van der Waals surface area contributed by atoms with Crippen molar-refractivity contribution in [3.05, 3.63) is 77.4 Å². The van der Waals surface area contributed by atoms with Crippen LogP contribution in [0.4, 0.5) is 10.1 Å². The summed E-state index contributed by atoms with van der Waals surface area (Å²) in [4.78, 5) is 24.1. The highest BCUT2D eigenvalue weighted by atomic mass is 19.1. The zero-order valence-electron chi connectivity index (χ0n) is 16.5. The van der Waals surface area contributed by atoms with Crippen molar-refractivity contribution in [2.24, 2.45) is 0 Å². The fourth-order valence-corrected chi connectivity index (χ4v) is 2.59. The lowest BCUT2D eigenvalue weighted by Gasteiger charge is -2.08. The third-order valence-electron chi connectivity index (χ3n) is 4.22. The Balaban J connectivity index is 1.51. The molecule has 0 aliphatic carbocycles. The van der Waals surface area contributed by atoms with E-state index in [1.807, 2.05) is 6.92 Å². The molecule has 2 N–H and O–H groups in total. The van der Waals surface area contributed by atoms with Crippen molar-refractivity contribution in [2.75, 3.05) is 11.9 Å². The van der Waals surface area contributed by atoms with Gasteiger partial charge in [0.05, 0.1) is 5.56 Å². The molecular weight excluding hydrogens is 389 g/mol. The van der Waals surface area contributed by atoms with Gasteiger partial charge in [0, 0.05) is 18.3 Å². The van der Waals surface area contributed by atoms with E-state index in [4.69, 9.17) is 9.26 Å². The van der Waals surface area contributed by atoms with Crippen LogP contribution >= 0.6 is 0 Å². The molecule has 2 amide bonds. The second kappa shape index (κ2) is 10.2. The van der Waals surface area contributed by atoms with Gasteiger partial charge in [0.2, 0.25) is 0 Å². The second-order valence-electron chi connectivity index (χ2n) is 6.53. The van der Waals surface area contributed by atoms with Crippen LogP contribution in [0.3, 0.4) is 0 Å². The molecule has 0 saturated carbocycles. The van der Waals surface area contributed by atoms with Crippen molar-refractivity contribution in [1.29, 1.82) is 0 Å². The van der Waals surface area contributed by atoms with E-state index in [9.17, 15) is 14.0 Å². The molecule has 8 heteroatoms. The topological polar surface area (TPSA) is 93.5 Å². The number of hydrogen-bond acceptors (Lipinski definition) is 5. The second-order valence-corrected chi connectivity index (χ2v) is 6.53. The van der Waals surface area contributed by atoms with Crippen LogP contribution in [0, 0.1) is 5.82 Å². The lowest BCUT2D eigenvalue weighted by atomic mass is 10.2. The number of carbonyl (C=O) groups is 2. The molecule has 0 unspecified atom stereocenters. The minimum atomic E-state index is -0.583. The van der Waals surface area contributed by atoms with E-state index >= 15 is 0 Å². The van der Waals surface area contributed by atoms with E-state index in [0.717, 1.165) is 12.8 Å². The number of benzene rings is 2. The fraction of sp³-hybridized carbons (Fsp3) is 0.227. The van der Waals surface area contributed by atoms with E-state index in [1.165, 1.54) is 24.3 Å². The average molecular weight is 411 g/mol. The lowest BCUT2D eigenvalue weighted by Crippen LogP contribution is -2.24. The van der Waals surface area contributed by atoms with E-state index in [0.29, 0.717) is 23.7 Å². The van der Waals surface area contributed by atoms with E-state index in [-0.39, 0.29) is 23.8 Å². The summed E-state index contributed by atoms with van der Waals surface area (Å²) in [6.07, 6.45) is 1.89. The third kappa shape index (κ3) is 5.66. The van der Waals surface area contributed by atoms with Crippen molar-refractivity contribution in [2.45, 2.75) is 26.4 Å². The van der Waals surface area contributed by atoms with Crippen molar-refractivity contribution in [3.8, 4) is 5.75 Å². The molecule has 0 saturated heterocycles. The fourth-order valence-electron chi connectivity index (χ4n) is 2.59. The molecule has 0 aliphatic rings. The van der Waals surface area contributed by atoms with Gasteiger partial charge in [0.1, 0.15) is 18.2 Å². The average Bonchev–Trinajstić information content (AvgIpc) is 3.23. The molecule has 156 valence electrons. The largest absolute Gasteiger partial charge is 0.486 e. The highest BCUT2D eigenvalue weighted by Crippen LogP contribution is 2.18. The summed E-state index contributed by atoms with van der Waals surface area (Å²) in [6.45, 7) is 2.73. The first-order valence-electron chi connectivity index (χ1n) is 9.59. The van der Waals surface area contributed by atoms with Crippen LogP contribution in [0.1, 0.15) is 46.4 Å². The minimum Gasteiger partial charge on any atom is -0.486 e. The molecule has 30 heavy (non-hydrogen) atoms. The molecule has 0 spiro atoms. The third-order valence-corrected chi connectivity index (χ3v) is 4.22. The normalized spacial score (nSPS) is 10.5. The summed E-state index contributed by atoms with van der Waals surface area (Å²) in [6, 6.07) is 13.9. The number of carbonyl (C=O) groups excluding carboxylic acids is 2. The maximum atomic E-state index is 13.7. The Bertz CT molecular complexity index is 1000. The number of nitrogens with one attached hydrogen (secondary N) is 2. The molecule has 0 bridgehead atoms. The van der Waals surface area contributed by atoms with Crippen LogP contribution in [-0.2, 0) is 6.61 Å². The monoisotopic (exact) mass is 411 g/mol. The van der Waals surface area contributed by atoms with E-state index in [1.54, 1.807) is 30.3 Å². The first-order chi connectivity index (χ1) is 14.6. The highest BCUT2D eigenvalue weighted by molar-refractivity contribution is 6.04. The van der Waals surface area contributed by atoms with E-state index in [2.05, 4.69) is 15.8 Å². The Morgan fingerprint density at radius 1 is 1.10 bits per heavy atom. The molecule has 0 radical (unpaired) electrons. The number of hydrogen-bond donors (Lipinski definition) is 2. The molecule has 3 rings (SSSR count). The smallest absolute Gasteiger partial charge is 0.273 e. The highest BCUT2D eigenvalue weighted by Gasteiger charge is 2.13. The predicted molar refractivity (Wildman–Crippen MR) is 109 cm³/mol. The van der Waals surface area contributed by atoms with Crippen molar-refractivity contribution >= 4 is 17.5 Å². The van der Waals surface area contributed by atoms with Gasteiger partial charge in [-0.05, 0) is 42.8 Å². The van der Waals surface area contributed by atoms with Crippen molar-refractivity contribution in [3.63, 3.8) is 0 Å². The summed E-state index contributed by atoms with van der Waals surface area (Å²) in [7, 11) is 0. The maximum absolute atomic E-state index is 13.7. The number of nitrogens with zero attached hydrogens (tertiary/aromatic N) is 1. The Labute approximate surface area is 173 Å². The molecule has 3 aromatic rings. The Morgan fingerprint density at radius 2 is 1.87 bits per heavy atom. The van der Waals surface area contributed by atoms with Crippen LogP contribution in [0.5, 0.6) is 5.75 Å². The summed E-state index contributed by atoms with van der Waals surface area (Å²) < 4.78 is 24.4. The van der Waals surface area contributed by atoms with E-state index < -0.39 is 11.7 Å². The Kier molecular flexibility index (Phi) is 7.15. The molecule has 0 fully saturated rings. The summed E-state index contributed by atoms with van der Waals surface area (Å²) in [5.74, 6) is -0.459. The summed E-state index contributed by atoms with van der Waals surface area (Å²) in [5.41, 5.74) is 0.676. The van der Waals surface area contributed by atoms with Gasteiger partial charge in [-0.1, -0.05) is 30.6 Å². The van der Waals surface area contributed by atoms with Crippen molar-refractivity contribution < 1.29 is 23.2 Å². The van der Waals surface area contributed by atoms with Gasteiger partial charge in [-0.2, -0.15) is 0 Å². The molecule has 7 nitrogen and oxygen atoms in total. The van der Waals surface area contributed by atoms with Crippen LogP contribution in [-0.4, -0.2) is 23.5 Å². The molecule has 1 aromatic heterocycles. The summed E-state index contributed by atoms with van der Waals surface area (Å²) in [5, 5.41) is 9.14. The van der Waals surface area contributed by atoms with Crippen LogP contribution in [0.25, 0.3) is 0 Å². The van der Waals surface area contributed by atoms with Gasteiger partial charge in [-0.25, -0.2) is 4.39 Å². The minimum absolute atomic E-state index is 0.0299. The predicted octanol–water partition coefficient (Wildman–Crippen LogP) is 4.17. The number of halogens is 1. The number of amides is 2.